The van der Waals surface area contributed by atoms with Gasteiger partial charge in [-0.15, -0.1) is 0 Å². The van der Waals surface area contributed by atoms with Crippen molar-refractivity contribution in [1.29, 1.82) is 0 Å². The van der Waals surface area contributed by atoms with Crippen molar-refractivity contribution in [2.24, 2.45) is 0 Å². The van der Waals surface area contributed by atoms with Crippen LogP contribution in [0.15, 0.2) is 108 Å². The van der Waals surface area contributed by atoms with Gasteiger partial charge in [0.15, 0.2) is 0 Å². The van der Waals surface area contributed by atoms with Crippen molar-refractivity contribution < 1.29 is 23.1 Å². The lowest BCUT2D eigenvalue weighted by Crippen LogP contribution is -2.37. The maximum Gasteiger partial charge on any atom is 0.254 e. The van der Waals surface area contributed by atoms with Gasteiger partial charge in [0, 0.05) is 23.0 Å². The molecular formula is C30H25FN4O4. The number of aromatic nitrogens is 2. The molecule has 2 heterocycles. The number of hydrogen-bond donors (Lipinski definition) is 1. The number of furan rings is 1. The van der Waals surface area contributed by atoms with Gasteiger partial charge < -0.3 is 14.1 Å². The molecule has 9 heteroatoms. The molecule has 1 N–H and O–H groups in total. The largest absolute Gasteiger partial charge is 0.497 e. The molecule has 0 fully saturated rings. The molecule has 3 aromatic carbocycles. The minimum atomic E-state index is -0.461. The summed E-state index contributed by atoms with van der Waals surface area (Å²) in [5, 5.41) is 2.82. The molecule has 0 aliphatic carbocycles. The van der Waals surface area contributed by atoms with Crippen LogP contribution in [-0.4, -0.2) is 39.9 Å². The van der Waals surface area contributed by atoms with Crippen LogP contribution in [0.4, 0.5) is 10.3 Å². The molecule has 8 nitrogen and oxygen atoms in total. The van der Waals surface area contributed by atoms with Crippen molar-refractivity contribution in [2.45, 2.75) is 6.54 Å². The zero-order valence-electron chi connectivity index (χ0n) is 21.1. The number of benzene rings is 3. The molecule has 2 aromatic heterocycles. The molecule has 0 bridgehead atoms. The topological polar surface area (TPSA) is 89.6 Å². The van der Waals surface area contributed by atoms with Gasteiger partial charge in [0.25, 0.3) is 5.91 Å². The maximum absolute atomic E-state index is 13.6. The lowest BCUT2D eigenvalue weighted by atomic mass is 10.2. The van der Waals surface area contributed by atoms with E-state index in [2.05, 4.69) is 10.3 Å². The molecule has 0 saturated heterocycles. The number of nitrogens with one attached hydrogen (secondary N) is 1. The van der Waals surface area contributed by atoms with Crippen LogP contribution in [0.5, 0.6) is 5.75 Å². The van der Waals surface area contributed by atoms with Gasteiger partial charge in [0.1, 0.15) is 23.9 Å². The second kappa shape index (κ2) is 11.5. The normalized spacial score (nSPS) is 10.7. The van der Waals surface area contributed by atoms with Gasteiger partial charge in [-0.2, -0.15) is 0 Å². The number of halogens is 1. The van der Waals surface area contributed by atoms with Crippen molar-refractivity contribution in [3.05, 3.63) is 121 Å². The summed E-state index contributed by atoms with van der Waals surface area (Å²) < 4.78 is 25.9. The van der Waals surface area contributed by atoms with Crippen LogP contribution in [0.3, 0.4) is 0 Å². The fourth-order valence-corrected chi connectivity index (χ4v) is 4.06. The van der Waals surface area contributed by atoms with Crippen LogP contribution in [0, 0.1) is 5.82 Å². The van der Waals surface area contributed by atoms with Gasteiger partial charge in [-0.1, -0.05) is 30.3 Å². The minimum absolute atomic E-state index is 0.0902. The average molecular weight is 525 g/mol. The van der Waals surface area contributed by atoms with Gasteiger partial charge >= 0.3 is 0 Å². The minimum Gasteiger partial charge on any atom is -0.497 e. The molecule has 0 atom stereocenters. The Morgan fingerprint density at radius 1 is 0.974 bits per heavy atom. The molecule has 5 rings (SSSR count). The Morgan fingerprint density at radius 3 is 2.38 bits per heavy atom. The number of amides is 2. The first kappa shape index (κ1) is 25.5. The highest BCUT2D eigenvalue weighted by Gasteiger charge is 2.22. The Labute approximate surface area is 224 Å². The lowest BCUT2D eigenvalue weighted by molar-refractivity contribution is -0.117. The van der Waals surface area contributed by atoms with Gasteiger partial charge in [-0.05, 0) is 60.7 Å². The van der Waals surface area contributed by atoms with E-state index in [1.807, 2.05) is 30.3 Å². The SMILES string of the molecule is COc1ccc(C(=O)N(CC(=O)Nc2nc(-c3ccccc3)cn2-c2ccc(F)cc2)Cc2ccco2)cc1. The molecule has 39 heavy (non-hydrogen) atoms. The number of imidazole rings is 1. The highest BCUT2D eigenvalue weighted by molar-refractivity contribution is 5.99. The summed E-state index contributed by atoms with van der Waals surface area (Å²) in [6.45, 7) is -0.171. The first-order valence-electron chi connectivity index (χ1n) is 12.2. The van der Waals surface area contributed by atoms with E-state index in [0.29, 0.717) is 28.5 Å². The number of methoxy groups -OCH3 is 1. The van der Waals surface area contributed by atoms with E-state index in [9.17, 15) is 14.0 Å². The number of carbonyl (C=O) groups is 2. The summed E-state index contributed by atoms with van der Waals surface area (Å²) in [4.78, 5) is 32.7. The third-order valence-corrected chi connectivity index (χ3v) is 6.02. The molecule has 0 aliphatic rings. The third kappa shape index (κ3) is 6.04. The molecule has 0 saturated carbocycles. The number of anilines is 1. The quantitative estimate of drug-likeness (QED) is 0.273. The Morgan fingerprint density at radius 2 is 1.72 bits per heavy atom. The predicted molar refractivity (Wildman–Crippen MR) is 144 cm³/mol. The standard InChI is InChI=1S/C30H25FN4O4/c1-38-25-15-9-22(10-16-25)29(37)34(18-26-8-5-17-39-26)20-28(36)33-30-32-27(21-6-3-2-4-7-21)19-35(30)24-13-11-23(31)12-14-24/h2-17,19H,18,20H2,1H3,(H,32,33,36). The number of nitrogens with zero attached hydrogens (tertiary/aromatic N) is 3. The molecule has 5 aromatic rings. The Kier molecular flexibility index (Phi) is 7.49. The van der Waals surface area contributed by atoms with E-state index < -0.39 is 5.91 Å². The Hall–Kier alpha value is -5.18. The molecular weight excluding hydrogens is 499 g/mol. The van der Waals surface area contributed by atoms with E-state index >= 15 is 0 Å². The van der Waals surface area contributed by atoms with E-state index in [1.165, 1.54) is 23.3 Å². The zero-order chi connectivity index (χ0) is 27.2. The average Bonchev–Trinajstić information content (AvgIpc) is 3.63. The molecule has 0 spiro atoms. The molecule has 2 amide bonds. The maximum atomic E-state index is 13.6. The second-order valence-electron chi connectivity index (χ2n) is 8.68. The molecule has 0 aliphatic heterocycles. The lowest BCUT2D eigenvalue weighted by Gasteiger charge is -2.21. The summed E-state index contributed by atoms with van der Waals surface area (Å²) in [6, 6.07) is 25.5. The van der Waals surface area contributed by atoms with E-state index in [1.54, 1.807) is 66.4 Å². The molecule has 0 unspecified atom stereocenters. The zero-order valence-corrected chi connectivity index (χ0v) is 21.1. The monoisotopic (exact) mass is 524 g/mol. The first-order valence-corrected chi connectivity index (χ1v) is 12.2. The van der Waals surface area contributed by atoms with Crippen molar-refractivity contribution in [3.8, 4) is 22.7 Å². The third-order valence-electron chi connectivity index (χ3n) is 6.02. The predicted octanol–water partition coefficient (Wildman–Crippen LogP) is 5.56. The first-order chi connectivity index (χ1) is 19.0. The van der Waals surface area contributed by atoms with E-state index in [4.69, 9.17) is 9.15 Å². The number of carbonyl (C=O) groups excluding carboxylic acids is 2. The second-order valence-corrected chi connectivity index (χ2v) is 8.68. The summed E-state index contributed by atoms with van der Waals surface area (Å²) in [5.74, 6) is 0.194. The van der Waals surface area contributed by atoms with Crippen LogP contribution in [-0.2, 0) is 11.3 Å². The van der Waals surface area contributed by atoms with Crippen LogP contribution in [0.2, 0.25) is 0 Å². The number of ether oxygens (including phenoxy) is 1. The summed E-state index contributed by atoms with van der Waals surface area (Å²) >= 11 is 0. The van der Waals surface area contributed by atoms with Gasteiger partial charge in [-0.25, -0.2) is 9.37 Å². The Balaban J connectivity index is 1.42. The Bertz CT molecular complexity index is 1550. The van der Waals surface area contributed by atoms with Crippen LogP contribution >= 0.6 is 0 Å². The summed E-state index contributed by atoms with van der Waals surface area (Å²) in [7, 11) is 1.55. The number of rotatable bonds is 9. The molecule has 0 radical (unpaired) electrons. The smallest absolute Gasteiger partial charge is 0.254 e. The highest BCUT2D eigenvalue weighted by atomic mass is 19.1. The van der Waals surface area contributed by atoms with Crippen molar-refractivity contribution >= 4 is 17.8 Å². The van der Waals surface area contributed by atoms with Crippen molar-refractivity contribution in [3.63, 3.8) is 0 Å². The summed E-state index contributed by atoms with van der Waals surface area (Å²) in [6.07, 6.45) is 3.28. The van der Waals surface area contributed by atoms with Crippen LogP contribution in [0.25, 0.3) is 16.9 Å². The fraction of sp³-hybridized carbons (Fsp3) is 0.100. The van der Waals surface area contributed by atoms with Gasteiger partial charge in [0.05, 0.1) is 25.6 Å². The van der Waals surface area contributed by atoms with Crippen molar-refractivity contribution in [1.82, 2.24) is 14.5 Å². The number of hydrogen-bond acceptors (Lipinski definition) is 5. The van der Waals surface area contributed by atoms with E-state index in [0.717, 1.165) is 5.56 Å². The highest BCUT2D eigenvalue weighted by Crippen LogP contribution is 2.25. The fourth-order valence-electron chi connectivity index (χ4n) is 4.06. The summed E-state index contributed by atoms with van der Waals surface area (Å²) in [5.41, 5.74) is 2.48. The van der Waals surface area contributed by atoms with Crippen LogP contribution in [0.1, 0.15) is 16.1 Å². The van der Waals surface area contributed by atoms with Crippen molar-refractivity contribution in [2.75, 3.05) is 19.0 Å². The van der Waals surface area contributed by atoms with Crippen LogP contribution < -0.4 is 10.1 Å². The van der Waals surface area contributed by atoms with E-state index in [-0.39, 0.29) is 30.8 Å². The van der Waals surface area contributed by atoms with Gasteiger partial charge in [0.2, 0.25) is 11.9 Å². The van der Waals surface area contributed by atoms with Gasteiger partial charge in [-0.3, -0.25) is 19.5 Å². The molecule has 196 valence electrons.